The van der Waals surface area contributed by atoms with Gasteiger partial charge >= 0.3 is 0 Å². The van der Waals surface area contributed by atoms with E-state index in [9.17, 15) is 9.18 Å². The van der Waals surface area contributed by atoms with Gasteiger partial charge in [-0.05, 0) is 55.5 Å². The average Bonchev–Trinajstić information content (AvgIpc) is 3.53. The minimum absolute atomic E-state index is 0.188. The molecule has 0 spiro atoms. The van der Waals surface area contributed by atoms with Crippen LogP contribution in [0.3, 0.4) is 0 Å². The maximum absolute atomic E-state index is 13.8. The number of aryl methyl sites for hydroxylation is 1. The van der Waals surface area contributed by atoms with E-state index in [0.717, 1.165) is 34.6 Å². The van der Waals surface area contributed by atoms with Crippen LogP contribution in [0.5, 0.6) is 5.75 Å². The molecule has 2 atom stereocenters. The Bertz CT molecular complexity index is 1440. The minimum atomic E-state index is -1.08. The molecule has 35 heavy (non-hydrogen) atoms. The molecule has 3 aromatic heterocycles. The van der Waals surface area contributed by atoms with Crippen molar-refractivity contribution in [2.24, 2.45) is 18.7 Å². The van der Waals surface area contributed by atoms with Crippen molar-refractivity contribution in [1.29, 1.82) is 0 Å². The molecular formula is C26H29FN6O2. The molecule has 1 saturated carbocycles. The number of hydrogen-bond donors (Lipinski definition) is 1. The average molecular weight is 477 g/mol. The maximum atomic E-state index is 13.8. The van der Waals surface area contributed by atoms with E-state index < -0.39 is 12.2 Å². The number of piperidine rings is 1. The van der Waals surface area contributed by atoms with Crippen molar-refractivity contribution >= 4 is 28.0 Å². The molecule has 1 aliphatic heterocycles. The topological polar surface area (TPSA) is 91.2 Å². The van der Waals surface area contributed by atoms with E-state index in [1.54, 1.807) is 24.1 Å². The Labute approximate surface area is 202 Å². The smallest absolute Gasteiger partial charge is 0.254 e. The first-order valence-electron chi connectivity index (χ1n) is 12.1. The summed E-state index contributed by atoms with van der Waals surface area (Å²) in [4.78, 5) is 24.5. The van der Waals surface area contributed by atoms with E-state index in [1.165, 1.54) is 12.8 Å². The fourth-order valence-corrected chi connectivity index (χ4v) is 5.15. The monoisotopic (exact) mass is 476 g/mol. The summed E-state index contributed by atoms with van der Waals surface area (Å²) in [7, 11) is 3.56. The lowest BCUT2D eigenvalue weighted by atomic mass is 10.0. The maximum Gasteiger partial charge on any atom is 0.254 e. The van der Waals surface area contributed by atoms with Gasteiger partial charge in [0.25, 0.3) is 5.91 Å². The van der Waals surface area contributed by atoms with Crippen LogP contribution in [0.1, 0.15) is 29.6 Å². The van der Waals surface area contributed by atoms with Gasteiger partial charge < -0.3 is 24.5 Å². The second-order valence-electron chi connectivity index (χ2n) is 9.76. The Morgan fingerprint density at radius 2 is 2.09 bits per heavy atom. The predicted molar refractivity (Wildman–Crippen MR) is 132 cm³/mol. The van der Waals surface area contributed by atoms with Crippen LogP contribution in [0.15, 0.2) is 36.5 Å². The van der Waals surface area contributed by atoms with Crippen LogP contribution >= 0.6 is 0 Å². The Kier molecular flexibility index (Phi) is 5.25. The zero-order chi connectivity index (χ0) is 24.3. The fraction of sp³-hybridized carbons (Fsp3) is 0.423. The van der Waals surface area contributed by atoms with Gasteiger partial charge in [0.1, 0.15) is 23.1 Å². The molecule has 0 bridgehead atoms. The number of carbonyl (C=O) groups excluding carboxylic acids is 1. The van der Waals surface area contributed by atoms with E-state index in [1.807, 2.05) is 23.9 Å². The van der Waals surface area contributed by atoms with Gasteiger partial charge in [-0.25, -0.2) is 14.4 Å². The highest BCUT2D eigenvalue weighted by Gasteiger charge is 2.31. The number of halogens is 1. The lowest BCUT2D eigenvalue weighted by molar-refractivity contribution is 0.0630. The van der Waals surface area contributed by atoms with E-state index in [4.69, 9.17) is 15.5 Å². The van der Waals surface area contributed by atoms with Crippen molar-refractivity contribution in [2.45, 2.75) is 38.0 Å². The third-order valence-electron chi connectivity index (χ3n) is 7.28. The number of nitrogens with two attached hydrogens (primary N) is 1. The molecule has 1 amide bonds. The van der Waals surface area contributed by atoms with Crippen LogP contribution in [0, 0.1) is 5.92 Å². The molecular weight excluding hydrogens is 447 g/mol. The van der Waals surface area contributed by atoms with Gasteiger partial charge in [-0.15, -0.1) is 0 Å². The number of methoxy groups -OCH3 is 1. The Hall–Kier alpha value is -3.46. The standard InChI is InChI=1S/C26H29FN6O2/c1-31-23-20(10-17(12-22(23)35-2)26(34)32-9-7-18(27)19(28)14-32)30-25(31)21-11-16-4-3-8-29-24(16)33(21)13-15-5-6-15/h3-4,8,10-12,15,18-19H,5-7,9,13-14,28H2,1-2H3. The summed E-state index contributed by atoms with van der Waals surface area (Å²) in [5.74, 6) is 1.84. The molecule has 2 fully saturated rings. The first-order valence-corrected chi connectivity index (χ1v) is 12.1. The molecule has 0 radical (unpaired) electrons. The number of ether oxygens (including phenoxy) is 1. The number of amides is 1. The van der Waals surface area contributed by atoms with Gasteiger partial charge in [0.05, 0.1) is 24.4 Å². The SMILES string of the molecule is COc1cc(C(=O)N2CCC(F)C(N)C2)cc2nc(-c3cc4cccnc4n3CC3CC3)n(C)c12. The number of aromatic nitrogens is 4. The zero-order valence-corrected chi connectivity index (χ0v) is 19.9. The number of carbonyl (C=O) groups is 1. The number of hydrogen-bond acceptors (Lipinski definition) is 5. The normalized spacial score (nSPS) is 20.6. The summed E-state index contributed by atoms with van der Waals surface area (Å²) in [5, 5.41) is 1.07. The second-order valence-corrected chi connectivity index (χ2v) is 9.76. The number of alkyl halides is 1. The molecule has 1 aliphatic carbocycles. The number of pyridine rings is 1. The quantitative estimate of drug-likeness (QED) is 0.476. The number of benzene rings is 1. The van der Waals surface area contributed by atoms with Crippen LogP contribution < -0.4 is 10.5 Å². The van der Waals surface area contributed by atoms with Crippen LogP contribution in [-0.4, -0.2) is 62.3 Å². The lowest BCUT2D eigenvalue weighted by Gasteiger charge is -2.33. The van der Waals surface area contributed by atoms with Crippen molar-refractivity contribution < 1.29 is 13.9 Å². The summed E-state index contributed by atoms with van der Waals surface area (Å²) < 4.78 is 23.8. The number of rotatable bonds is 5. The van der Waals surface area contributed by atoms with E-state index >= 15 is 0 Å². The van der Waals surface area contributed by atoms with Crippen molar-refractivity contribution in [2.75, 3.05) is 20.2 Å². The highest BCUT2D eigenvalue weighted by Crippen LogP contribution is 2.37. The van der Waals surface area contributed by atoms with Crippen LogP contribution in [0.25, 0.3) is 33.6 Å². The molecule has 8 nitrogen and oxygen atoms in total. The third-order valence-corrected chi connectivity index (χ3v) is 7.28. The molecule has 182 valence electrons. The second kappa shape index (κ2) is 8.34. The summed E-state index contributed by atoms with van der Waals surface area (Å²) in [6, 6.07) is 9.02. The predicted octanol–water partition coefficient (Wildman–Crippen LogP) is 3.52. The number of imidazole rings is 1. The molecule has 1 saturated heterocycles. The zero-order valence-electron chi connectivity index (χ0n) is 19.9. The van der Waals surface area contributed by atoms with Gasteiger partial charge in [-0.1, -0.05) is 0 Å². The van der Waals surface area contributed by atoms with Gasteiger partial charge in [-0.2, -0.15) is 0 Å². The molecule has 2 unspecified atom stereocenters. The molecule has 6 rings (SSSR count). The van der Waals surface area contributed by atoms with Gasteiger partial charge in [-0.3, -0.25) is 4.79 Å². The van der Waals surface area contributed by atoms with Crippen LogP contribution in [0.2, 0.25) is 0 Å². The van der Waals surface area contributed by atoms with Crippen LogP contribution in [-0.2, 0) is 13.6 Å². The van der Waals surface area contributed by atoms with Gasteiger partial charge in [0.2, 0.25) is 0 Å². The number of likely N-dealkylation sites (tertiary alicyclic amines) is 1. The first-order chi connectivity index (χ1) is 16.9. The highest BCUT2D eigenvalue weighted by molar-refractivity contribution is 6.00. The summed E-state index contributed by atoms with van der Waals surface area (Å²) in [5.41, 5.74) is 9.79. The lowest BCUT2D eigenvalue weighted by Crippen LogP contribution is -2.51. The van der Waals surface area contributed by atoms with Gasteiger partial charge in [0, 0.05) is 43.8 Å². The van der Waals surface area contributed by atoms with E-state index in [-0.39, 0.29) is 18.9 Å². The van der Waals surface area contributed by atoms with E-state index in [0.29, 0.717) is 29.3 Å². The van der Waals surface area contributed by atoms with Crippen molar-refractivity contribution in [3.63, 3.8) is 0 Å². The van der Waals surface area contributed by atoms with Crippen molar-refractivity contribution in [3.05, 3.63) is 42.1 Å². The first kappa shape index (κ1) is 22.0. The Morgan fingerprint density at radius 3 is 2.83 bits per heavy atom. The highest BCUT2D eigenvalue weighted by atomic mass is 19.1. The Balaban J connectivity index is 1.45. The van der Waals surface area contributed by atoms with Gasteiger partial charge in [0.15, 0.2) is 5.82 Å². The molecule has 4 aromatic rings. The fourth-order valence-electron chi connectivity index (χ4n) is 5.15. The summed E-state index contributed by atoms with van der Waals surface area (Å²) in [6.45, 7) is 1.45. The minimum Gasteiger partial charge on any atom is -0.494 e. The molecule has 2 N–H and O–H groups in total. The van der Waals surface area contributed by atoms with E-state index in [2.05, 4.69) is 21.7 Å². The number of fused-ring (bicyclic) bond motifs is 2. The van der Waals surface area contributed by atoms with Crippen molar-refractivity contribution in [3.8, 4) is 17.3 Å². The van der Waals surface area contributed by atoms with Crippen molar-refractivity contribution in [1.82, 2.24) is 24.0 Å². The molecule has 2 aliphatic rings. The third kappa shape index (κ3) is 3.74. The van der Waals surface area contributed by atoms with Crippen LogP contribution in [0.4, 0.5) is 4.39 Å². The molecule has 1 aromatic carbocycles. The summed E-state index contributed by atoms with van der Waals surface area (Å²) in [6.07, 6.45) is 3.46. The number of nitrogens with zero attached hydrogens (tertiary/aromatic N) is 5. The summed E-state index contributed by atoms with van der Waals surface area (Å²) >= 11 is 0. The largest absolute Gasteiger partial charge is 0.494 e. The molecule has 4 heterocycles. The molecule has 9 heteroatoms. The Morgan fingerprint density at radius 1 is 1.26 bits per heavy atom.